The maximum Gasteiger partial charge on any atom is 0.313 e. The Labute approximate surface area is 103 Å². The van der Waals surface area contributed by atoms with Crippen LogP contribution in [-0.2, 0) is 14.3 Å². The molecule has 1 aromatic rings. The standard InChI is InChI=1S/C11H12N4O3/c1-7(11(17)18-6-10(12)16)8-2-4-9(5-3-8)14-15-13/h2-5,7H,6H2,1H3,(H2,12,16). The van der Waals surface area contributed by atoms with Gasteiger partial charge in [0.25, 0.3) is 5.91 Å². The zero-order valence-electron chi connectivity index (χ0n) is 9.74. The van der Waals surface area contributed by atoms with Crippen molar-refractivity contribution in [3.05, 3.63) is 40.3 Å². The third-order valence-corrected chi connectivity index (χ3v) is 2.26. The van der Waals surface area contributed by atoms with Crippen molar-refractivity contribution in [3.63, 3.8) is 0 Å². The Kier molecular flexibility index (Phi) is 4.71. The molecule has 0 aromatic heterocycles. The Hall–Kier alpha value is -2.53. The van der Waals surface area contributed by atoms with E-state index in [-0.39, 0.29) is 0 Å². The molecule has 0 aliphatic carbocycles. The number of benzene rings is 1. The molecule has 7 heteroatoms. The second-order valence-corrected chi connectivity index (χ2v) is 3.58. The first-order valence-electron chi connectivity index (χ1n) is 5.14. The van der Waals surface area contributed by atoms with Crippen molar-refractivity contribution in [2.75, 3.05) is 6.61 Å². The Morgan fingerprint density at radius 3 is 2.56 bits per heavy atom. The lowest BCUT2D eigenvalue weighted by Gasteiger charge is -2.10. The summed E-state index contributed by atoms with van der Waals surface area (Å²) in [5, 5.41) is 3.41. The Balaban J connectivity index is 2.71. The summed E-state index contributed by atoms with van der Waals surface area (Å²) in [5.41, 5.74) is 14.3. The number of carbonyl (C=O) groups excluding carboxylic acids is 2. The van der Waals surface area contributed by atoms with Crippen molar-refractivity contribution < 1.29 is 14.3 Å². The highest BCUT2D eigenvalue weighted by molar-refractivity contribution is 5.82. The minimum Gasteiger partial charge on any atom is -0.455 e. The van der Waals surface area contributed by atoms with Crippen LogP contribution in [0.4, 0.5) is 5.69 Å². The van der Waals surface area contributed by atoms with Crippen LogP contribution in [0, 0.1) is 0 Å². The summed E-state index contributed by atoms with van der Waals surface area (Å²) in [5.74, 6) is -1.76. The maximum atomic E-state index is 11.5. The van der Waals surface area contributed by atoms with Gasteiger partial charge >= 0.3 is 5.97 Å². The highest BCUT2D eigenvalue weighted by atomic mass is 16.5. The minimum absolute atomic E-state index is 0.431. The van der Waals surface area contributed by atoms with E-state index in [2.05, 4.69) is 10.0 Å². The fourth-order valence-electron chi connectivity index (χ4n) is 1.28. The fourth-order valence-corrected chi connectivity index (χ4v) is 1.28. The molecule has 7 nitrogen and oxygen atoms in total. The topological polar surface area (TPSA) is 118 Å². The van der Waals surface area contributed by atoms with Gasteiger partial charge in [-0.3, -0.25) is 9.59 Å². The van der Waals surface area contributed by atoms with Crippen LogP contribution in [0.5, 0.6) is 0 Å². The monoisotopic (exact) mass is 248 g/mol. The molecule has 1 unspecified atom stereocenters. The van der Waals surface area contributed by atoms with E-state index < -0.39 is 24.4 Å². The number of ether oxygens (including phenoxy) is 1. The molecule has 18 heavy (non-hydrogen) atoms. The molecule has 1 atom stereocenters. The zero-order valence-corrected chi connectivity index (χ0v) is 9.74. The van der Waals surface area contributed by atoms with Crippen molar-refractivity contribution >= 4 is 17.6 Å². The van der Waals surface area contributed by atoms with Gasteiger partial charge in [-0.25, -0.2) is 0 Å². The number of hydrogen-bond acceptors (Lipinski definition) is 4. The van der Waals surface area contributed by atoms with Gasteiger partial charge in [0.15, 0.2) is 6.61 Å². The van der Waals surface area contributed by atoms with Gasteiger partial charge in [-0.05, 0) is 18.0 Å². The van der Waals surface area contributed by atoms with Crippen molar-refractivity contribution in [1.82, 2.24) is 0 Å². The number of nitrogens with two attached hydrogens (primary N) is 1. The van der Waals surface area contributed by atoms with Crippen LogP contribution in [0.15, 0.2) is 29.4 Å². The number of esters is 1. The molecule has 0 fully saturated rings. The second kappa shape index (κ2) is 6.27. The van der Waals surface area contributed by atoms with Gasteiger partial charge in [0.05, 0.1) is 5.92 Å². The summed E-state index contributed by atoms with van der Waals surface area (Å²) in [4.78, 5) is 24.7. The van der Waals surface area contributed by atoms with Gasteiger partial charge in [0.1, 0.15) is 0 Å². The molecule has 2 N–H and O–H groups in total. The van der Waals surface area contributed by atoms with Gasteiger partial charge in [0.2, 0.25) is 0 Å². The largest absolute Gasteiger partial charge is 0.455 e. The van der Waals surface area contributed by atoms with Gasteiger partial charge < -0.3 is 10.5 Å². The minimum atomic E-state index is -0.700. The Bertz CT molecular complexity index is 492. The van der Waals surface area contributed by atoms with Crippen molar-refractivity contribution in [3.8, 4) is 0 Å². The molecule has 0 heterocycles. The summed E-state index contributed by atoms with van der Waals surface area (Å²) >= 11 is 0. The van der Waals surface area contributed by atoms with E-state index in [0.717, 1.165) is 0 Å². The molecule has 0 aliphatic heterocycles. The molecular formula is C11H12N4O3. The zero-order chi connectivity index (χ0) is 13.5. The van der Waals surface area contributed by atoms with Crippen LogP contribution >= 0.6 is 0 Å². The number of carbonyl (C=O) groups is 2. The molecule has 0 spiro atoms. The average Bonchev–Trinajstić information content (AvgIpc) is 2.36. The predicted octanol–water partition coefficient (Wildman–Crippen LogP) is 1.76. The number of nitrogens with zero attached hydrogens (tertiary/aromatic N) is 3. The van der Waals surface area contributed by atoms with Crippen LogP contribution in [0.25, 0.3) is 10.4 Å². The third kappa shape index (κ3) is 3.80. The number of hydrogen-bond donors (Lipinski definition) is 1. The van der Waals surface area contributed by atoms with Gasteiger partial charge in [0, 0.05) is 10.6 Å². The lowest BCUT2D eigenvalue weighted by atomic mass is 10.0. The SMILES string of the molecule is CC(C(=O)OCC(N)=O)c1ccc(N=[N+]=[N-])cc1. The number of rotatable bonds is 5. The molecule has 0 saturated carbocycles. The van der Waals surface area contributed by atoms with Gasteiger partial charge in [-0.15, -0.1) is 0 Å². The van der Waals surface area contributed by atoms with Crippen LogP contribution in [0.2, 0.25) is 0 Å². The van der Waals surface area contributed by atoms with Crippen molar-refractivity contribution in [1.29, 1.82) is 0 Å². The first-order chi connectivity index (χ1) is 8.54. The van der Waals surface area contributed by atoms with E-state index in [9.17, 15) is 9.59 Å². The first-order valence-corrected chi connectivity index (χ1v) is 5.14. The molecule has 94 valence electrons. The first kappa shape index (κ1) is 13.5. The molecule has 0 radical (unpaired) electrons. The summed E-state index contributed by atoms with van der Waals surface area (Å²) < 4.78 is 4.70. The van der Waals surface area contributed by atoms with E-state index in [0.29, 0.717) is 11.3 Å². The molecular weight excluding hydrogens is 236 g/mol. The molecule has 0 saturated heterocycles. The van der Waals surface area contributed by atoms with Crippen LogP contribution in [-0.4, -0.2) is 18.5 Å². The van der Waals surface area contributed by atoms with Crippen molar-refractivity contribution in [2.45, 2.75) is 12.8 Å². The summed E-state index contributed by atoms with van der Waals surface area (Å²) in [6, 6.07) is 6.49. The average molecular weight is 248 g/mol. The predicted molar refractivity (Wildman–Crippen MR) is 63.8 cm³/mol. The van der Waals surface area contributed by atoms with Crippen molar-refractivity contribution in [2.24, 2.45) is 10.8 Å². The van der Waals surface area contributed by atoms with E-state index in [4.69, 9.17) is 16.0 Å². The molecule has 1 rings (SSSR count). The lowest BCUT2D eigenvalue weighted by Crippen LogP contribution is -2.23. The van der Waals surface area contributed by atoms with E-state index >= 15 is 0 Å². The smallest absolute Gasteiger partial charge is 0.313 e. The summed E-state index contributed by atoms with van der Waals surface area (Å²) in [6.07, 6.45) is 0. The van der Waals surface area contributed by atoms with Gasteiger partial charge in [-0.1, -0.05) is 29.4 Å². The molecule has 0 bridgehead atoms. The fraction of sp³-hybridized carbons (Fsp3) is 0.273. The molecule has 0 aliphatic rings. The Morgan fingerprint density at radius 2 is 2.06 bits per heavy atom. The Morgan fingerprint density at radius 1 is 1.44 bits per heavy atom. The van der Waals surface area contributed by atoms with Gasteiger partial charge in [-0.2, -0.15) is 0 Å². The summed E-state index contributed by atoms with van der Waals surface area (Å²) in [7, 11) is 0. The molecule has 1 aromatic carbocycles. The van der Waals surface area contributed by atoms with E-state index in [1.165, 1.54) is 0 Å². The van der Waals surface area contributed by atoms with Crippen LogP contribution in [0.1, 0.15) is 18.4 Å². The second-order valence-electron chi connectivity index (χ2n) is 3.58. The third-order valence-electron chi connectivity index (χ3n) is 2.26. The highest BCUT2D eigenvalue weighted by Gasteiger charge is 2.17. The maximum absolute atomic E-state index is 11.5. The van der Waals surface area contributed by atoms with E-state index in [1.807, 2.05) is 0 Å². The molecule has 1 amide bonds. The van der Waals surface area contributed by atoms with E-state index in [1.54, 1.807) is 31.2 Å². The van der Waals surface area contributed by atoms with Crippen LogP contribution < -0.4 is 5.73 Å². The lowest BCUT2D eigenvalue weighted by molar-refractivity contribution is -0.148. The number of azide groups is 1. The summed E-state index contributed by atoms with van der Waals surface area (Å²) in [6.45, 7) is 1.21. The normalized spacial score (nSPS) is 11.2. The number of amides is 1. The highest BCUT2D eigenvalue weighted by Crippen LogP contribution is 2.20. The quantitative estimate of drug-likeness (QED) is 0.370. The van der Waals surface area contributed by atoms with Crippen LogP contribution in [0.3, 0.4) is 0 Å². The number of primary amides is 1.